The van der Waals surface area contributed by atoms with Crippen molar-refractivity contribution < 1.29 is 31.5 Å². The summed E-state index contributed by atoms with van der Waals surface area (Å²) in [7, 11) is 0. The molecule has 0 fully saturated rings. The van der Waals surface area contributed by atoms with E-state index in [4.69, 9.17) is 5.73 Å². The smallest absolute Gasteiger partial charge is 0.365 e. The molecule has 15 heteroatoms. The van der Waals surface area contributed by atoms with E-state index < -0.39 is 41.5 Å². The van der Waals surface area contributed by atoms with Crippen LogP contribution in [0.4, 0.5) is 27.6 Å². The molecule has 0 aromatic carbocycles. The largest absolute Gasteiger partial charge is 0.433 e. The number of nitrogens with two attached hydrogens (primary N) is 1. The summed E-state index contributed by atoms with van der Waals surface area (Å²) in [6.07, 6.45) is -7.68. The average molecular weight is 567 g/mol. The highest BCUT2D eigenvalue weighted by atomic mass is 32.1. The second kappa shape index (κ2) is 9.09. The van der Waals surface area contributed by atoms with Crippen molar-refractivity contribution in [1.82, 2.24) is 19.6 Å². The molecule has 196 valence electrons. The molecule has 0 saturated heterocycles. The van der Waals surface area contributed by atoms with Gasteiger partial charge in [0.05, 0.1) is 5.69 Å². The highest BCUT2D eigenvalue weighted by molar-refractivity contribution is 7.21. The molecular formula is C23H15F5N6O2S2. The first-order chi connectivity index (χ1) is 17.8. The minimum atomic E-state index is -4.77. The molecule has 38 heavy (non-hydrogen) atoms. The zero-order valence-electron chi connectivity index (χ0n) is 19.4. The number of nitrogens with one attached hydrogen (secondary N) is 1. The lowest BCUT2D eigenvalue weighted by molar-refractivity contribution is -0.142. The Balaban J connectivity index is 1.68. The molecule has 0 radical (unpaired) electrons. The van der Waals surface area contributed by atoms with E-state index in [1.54, 1.807) is 12.1 Å². The summed E-state index contributed by atoms with van der Waals surface area (Å²) in [4.78, 5) is 34.7. The minimum absolute atomic E-state index is 0.0274. The van der Waals surface area contributed by atoms with Gasteiger partial charge in [0.1, 0.15) is 21.1 Å². The molecule has 0 saturated carbocycles. The van der Waals surface area contributed by atoms with Gasteiger partial charge in [0, 0.05) is 32.5 Å². The number of anilines is 1. The van der Waals surface area contributed by atoms with Crippen LogP contribution in [-0.4, -0.2) is 31.4 Å². The number of aromatic nitrogens is 4. The van der Waals surface area contributed by atoms with E-state index in [1.807, 2.05) is 6.92 Å². The van der Waals surface area contributed by atoms with Gasteiger partial charge in [-0.05, 0) is 38.1 Å². The third-order valence-electron chi connectivity index (χ3n) is 5.45. The molecule has 0 spiro atoms. The third-order valence-corrected chi connectivity index (χ3v) is 7.58. The second-order valence-electron chi connectivity index (χ2n) is 8.19. The normalized spacial score (nSPS) is 12.1. The average Bonchev–Trinajstić information content (AvgIpc) is 3.54. The van der Waals surface area contributed by atoms with Gasteiger partial charge in [0.2, 0.25) is 0 Å². The van der Waals surface area contributed by atoms with E-state index in [1.165, 1.54) is 24.3 Å². The summed E-state index contributed by atoms with van der Waals surface area (Å²) >= 11 is 2.01. The SMILES string of the molecule is Cc1cc(C(F)(F)F)n2nc(C(=O)Nc3c(C(N)=O)sc4nc(C(F)F)cc(-c5ccc(C)s5)c34)cc2n1. The lowest BCUT2D eigenvalue weighted by Gasteiger charge is -2.09. The fraction of sp³-hybridized carbons (Fsp3) is 0.174. The van der Waals surface area contributed by atoms with Crippen molar-refractivity contribution in [2.75, 3.05) is 5.32 Å². The van der Waals surface area contributed by atoms with E-state index >= 15 is 0 Å². The van der Waals surface area contributed by atoms with Crippen molar-refractivity contribution in [3.05, 3.63) is 62.9 Å². The lowest BCUT2D eigenvalue weighted by atomic mass is 10.1. The Hall–Kier alpha value is -3.98. The number of hydrogen-bond donors (Lipinski definition) is 2. The number of amides is 2. The van der Waals surface area contributed by atoms with Crippen LogP contribution in [0.15, 0.2) is 30.3 Å². The van der Waals surface area contributed by atoms with Crippen molar-refractivity contribution >= 4 is 56.0 Å². The van der Waals surface area contributed by atoms with Gasteiger partial charge >= 0.3 is 6.18 Å². The Morgan fingerprint density at radius 1 is 1.08 bits per heavy atom. The number of carbonyl (C=O) groups excluding carboxylic acids is 2. The van der Waals surface area contributed by atoms with Gasteiger partial charge in [-0.2, -0.15) is 18.3 Å². The number of hydrogen-bond acceptors (Lipinski definition) is 7. The van der Waals surface area contributed by atoms with Crippen molar-refractivity contribution in [1.29, 1.82) is 0 Å². The number of aryl methyl sites for hydroxylation is 2. The summed E-state index contributed by atoms with van der Waals surface area (Å²) in [6, 6.07) is 6.50. The maximum absolute atomic E-state index is 13.6. The van der Waals surface area contributed by atoms with E-state index in [0.717, 1.165) is 17.0 Å². The van der Waals surface area contributed by atoms with Gasteiger partial charge in [0.15, 0.2) is 11.3 Å². The highest BCUT2D eigenvalue weighted by Gasteiger charge is 2.35. The number of carbonyl (C=O) groups is 2. The molecule has 0 aliphatic rings. The number of halogens is 5. The summed E-state index contributed by atoms with van der Waals surface area (Å²) < 4.78 is 68.3. The van der Waals surface area contributed by atoms with E-state index in [2.05, 4.69) is 20.4 Å². The molecule has 0 aliphatic heterocycles. The highest BCUT2D eigenvalue weighted by Crippen LogP contribution is 2.44. The predicted octanol–water partition coefficient (Wildman–Crippen LogP) is 5.99. The van der Waals surface area contributed by atoms with Crippen molar-refractivity contribution in [3.8, 4) is 10.4 Å². The maximum atomic E-state index is 13.6. The number of rotatable bonds is 5. The molecule has 8 nitrogen and oxygen atoms in total. The van der Waals surface area contributed by atoms with Crippen LogP contribution in [0.1, 0.15) is 48.5 Å². The summed E-state index contributed by atoms with van der Waals surface area (Å²) in [5.74, 6) is -1.92. The quantitative estimate of drug-likeness (QED) is 0.254. The van der Waals surface area contributed by atoms with Gasteiger partial charge in [-0.25, -0.2) is 23.3 Å². The molecule has 2 amide bonds. The maximum Gasteiger partial charge on any atom is 0.433 e. The van der Waals surface area contributed by atoms with Gasteiger partial charge in [-0.1, -0.05) is 0 Å². The van der Waals surface area contributed by atoms with Crippen molar-refractivity contribution in [3.63, 3.8) is 0 Å². The zero-order valence-corrected chi connectivity index (χ0v) is 21.0. The van der Waals surface area contributed by atoms with Gasteiger partial charge < -0.3 is 11.1 Å². The Kier molecular flexibility index (Phi) is 6.14. The molecule has 5 heterocycles. The van der Waals surface area contributed by atoms with Crippen LogP contribution in [0.3, 0.4) is 0 Å². The Labute approximate surface area is 217 Å². The first kappa shape index (κ1) is 25.7. The molecule has 0 atom stereocenters. The summed E-state index contributed by atoms with van der Waals surface area (Å²) in [5.41, 5.74) is 3.47. The Morgan fingerprint density at radius 3 is 2.42 bits per heavy atom. The molecule has 0 unspecified atom stereocenters. The van der Waals surface area contributed by atoms with Crippen LogP contribution in [0.25, 0.3) is 26.3 Å². The van der Waals surface area contributed by atoms with E-state index in [9.17, 15) is 31.5 Å². The van der Waals surface area contributed by atoms with Gasteiger partial charge in [-0.15, -0.1) is 22.7 Å². The number of thiophene rings is 2. The predicted molar refractivity (Wildman–Crippen MR) is 132 cm³/mol. The standard InChI is InChI=1S/C23H15F5N6O2S2/c1-8-5-14(23(26,27)28)34-15(30-8)7-12(33-34)21(36)32-17-16-10(13-4-3-9(2)37-13)6-11(19(24)25)31-22(16)38-18(17)20(29)35/h3-7,19H,1-2H3,(H2,29,35)(H,32,36). The first-order valence-corrected chi connectivity index (χ1v) is 12.3. The minimum Gasteiger partial charge on any atom is -0.365 e. The first-order valence-electron chi connectivity index (χ1n) is 10.7. The second-order valence-corrected chi connectivity index (χ2v) is 10.5. The van der Waals surface area contributed by atoms with Crippen molar-refractivity contribution in [2.45, 2.75) is 26.4 Å². The number of fused-ring (bicyclic) bond motifs is 2. The topological polar surface area (TPSA) is 115 Å². The number of alkyl halides is 5. The molecule has 0 bridgehead atoms. The van der Waals surface area contributed by atoms with Crippen LogP contribution in [0.5, 0.6) is 0 Å². The van der Waals surface area contributed by atoms with Crippen LogP contribution in [0, 0.1) is 13.8 Å². The van der Waals surface area contributed by atoms with E-state index in [-0.39, 0.29) is 37.7 Å². The lowest BCUT2D eigenvalue weighted by Crippen LogP contribution is -2.18. The Morgan fingerprint density at radius 2 is 1.82 bits per heavy atom. The van der Waals surface area contributed by atoms with E-state index in [0.29, 0.717) is 20.7 Å². The summed E-state index contributed by atoms with van der Waals surface area (Å²) in [6.45, 7) is 3.19. The van der Waals surface area contributed by atoms with Crippen LogP contribution >= 0.6 is 22.7 Å². The van der Waals surface area contributed by atoms with Crippen LogP contribution in [0.2, 0.25) is 0 Å². The fourth-order valence-electron chi connectivity index (χ4n) is 3.89. The molecular weight excluding hydrogens is 551 g/mol. The molecule has 5 aromatic heterocycles. The zero-order chi connectivity index (χ0) is 27.5. The third kappa shape index (κ3) is 4.47. The molecule has 0 aliphatic carbocycles. The van der Waals surface area contributed by atoms with Gasteiger partial charge in [0.25, 0.3) is 18.2 Å². The monoisotopic (exact) mass is 566 g/mol. The fourth-order valence-corrected chi connectivity index (χ4v) is 5.79. The van der Waals surface area contributed by atoms with Crippen LogP contribution < -0.4 is 11.1 Å². The Bertz CT molecular complexity index is 1750. The van der Waals surface area contributed by atoms with Crippen LogP contribution in [-0.2, 0) is 6.18 Å². The summed E-state index contributed by atoms with van der Waals surface area (Å²) in [5, 5.41) is 6.46. The molecule has 3 N–H and O–H groups in total. The molecule has 5 rings (SSSR count). The number of pyridine rings is 1. The van der Waals surface area contributed by atoms with Gasteiger partial charge in [-0.3, -0.25) is 9.59 Å². The van der Waals surface area contributed by atoms with Crippen molar-refractivity contribution in [2.24, 2.45) is 5.73 Å². The molecule has 5 aromatic rings. The number of nitrogens with zero attached hydrogens (tertiary/aromatic N) is 4. The number of primary amides is 1.